The lowest BCUT2D eigenvalue weighted by molar-refractivity contribution is 0.286. The van der Waals surface area contributed by atoms with Crippen molar-refractivity contribution in [3.8, 4) is 5.75 Å². The van der Waals surface area contributed by atoms with E-state index in [0.29, 0.717) is 5.92 Å². The van der Waals surface area contributed by atoms with Crippen LogP contribution in [0.2, 0.25) is 0 Å². The summed E-state index contributed by atoms with van der Waals surface area (Å²) in [6.07, 6.45) is 2.93. The summed E-state index contributed by atoms with van der Waals surface area (Å²) in [5.41, 5.74) is 7.22. The molecule has 0 saturated heterocycles. The van der Waals surface area contributed by atoms with E-state index in [4.69, 9.17) is 10.5 Å². The van der Waals surface area contributed by atoms with E-state index in [9.17, 15) is 0 Å². The molecule has 1 aromatic carbocycles. The summed E-state index contributed by atoms with van der Waals surface area (Å²) in [4.78, 5) is 0. The molecule has 0 aliphatic heterocycles. The third-order valence-corrected chi connectivity index (χ3v) is 4.20. The minimum atomic E-state index is 0.214. The van der Waals surface area contributed by atoms with Gasteiger partial charge < -0.3 is 10.5 Å². The molecule has 0 aromatic heterocycles. The van der Waals surface area contributed by atoms with E-state index >= 15 is 0 Å². The van der Waals surface area contributed by atoms with Crippen LogP contribution in [0.5, 0.6) is 5.75 Å². The standard InChI is InChI=1S/C15H23Br2NO/c1-4-12(18)7-11-8-13(16)15(14(17)9-11)19-6-5-10(2)3/h8-10,12H,4-7,18H2,1-3H3. The molecule has 0 amide bonds. The fourth-order valence-electron chi connectivity index (χ4n) is 1.71. The first-order valence-electron chi connectivity index (χ1n) is 6.80. The molecule has 19 heavy (non-hydrogen) atoms. The summed E-state index contributed by atoms with van der Waals surface area (Å²) < 4.78 is 7.82. The van der Waals surface area contributed by atoms with Crippen LogP contribution in [0.15, 0.2) is 21.1 Å². The smallest absolute Gasteiger partial charge is 0.147 e. The topological polar surface area (TPSA) is 35.2 Å². The number of rotatable bonds is 7. The molecule has 2 N–H and O–H groups in total. The molecular formula is C15H23Br2NO. The van der Waals surface area contributed by atoms with Gasteiger partial charge in [0.05, 0.1) is 15.6 Å². The maximum absolute atomic E-state index is 5.99. The molecule has 0 saturated carbocycles. The van der Waals surface area contributed by atoms with Crippen LogP contribution in [0.3, 0.4) is 0 Å². The maximum atomic E-state index is 5.99. The Hall–Kier alpha value is -0.0600. The molecule has 108 valence electrons. The summed E-state index contributed by atoms with van der Waals surface area (Å²) in [6, 6.07) is 4.42. The van der Waals surface area contributed by atoms with Crippen LogP contribution < -0.4 is 10.5 Å². The average Bonchev–Trinajstić information content (AvgIpc) is 2.32. The van der Waals surface area contributed by atoms with Crippen molar-refractivity contribution in [1.29, 1.82) is 0 Å². The molecule has 0 fully saturated rings. The van der Waals surface area contributed by atoms with Gasteiger partial charge in [-0.15, -0.1) is 0 Å². The van der Waals surface area contributed by atoms with Gasteiger partial charge in [0.15, 0.2) is 0 Å². The molecule has 1 unspecified atom stereocenters. The Labute approximate surface area is 133 Å². The summed E-state index contributed by atoms with van der Waals surface area (Å²) >= 11 is 7.16. The van der Waals surface area contributed by atoms with E-state index in [1.165, 1.54) is 5.56 Å². The second-order valence-electron chi connectivity index (χ2n) is 5.29. The van der Waals surface area contributed by atoms with Gasteiger partial charge in [-0.3, -0.25) is 0 Å². The minimum Gasteiger partial charge on any atom is -0.491 e. The quantitative estimate of drug-likeness (QED) is 0.714. The second-order valence-corrected chi connectivity index (χ2v) is 7.00. The fraction of sp³-hybridized carbons (Fsp3) is 0.600. The van der Waals surface area contributed by atoms with E-state index in [0.717, 1.165) is 40.6 Å². The van der Waals surface area contributed by atoms with E-state index in [1.807, 2.05) is 0 Å². The Kier molecular flexibility index (Phi) is 7.40. The first-order valence-corrected chi connectivity index (χ1v) is 8.38. The second kappa shape index (κ2) is 8.28. The highest BCUT2D eigenvalue weighted by Crippen LogP contribution is 2.35. The zero-order valence-corrected chi connectivity index (χ0v) is 15.1. The number of nitrogens with two attached hydrogens (primary N) is 1. The Morgan fingerprint density at radius 1 is 1.21 bits per heavy atom. The fourth-order valence-corrected chi connectivity index (χ4v) is 3.22. The first-order chi connectivity index (χ1) is 8.93. The van der Waals surface area contributed by atoms with Crippen molar-refractivity contribution in [2.75, 3.05) is 6.61 Å². The van der Waals surface area contributed by atoms with Crippen molar-refractivity contribution in [2.45, 2.75) is 46.1 Å². The predicted molar refractivity (Wildman–Crippen MR) is 88.8 cm³/mol. The van der Waals surface area contributed by atoms with Gasteiger partial charge in [0, 0.05) is 6.04 Å². The number of benzene rings is 1. The number of hydrogen-bond donors (Lipinski definition) is 1. The number of halogens is 2. The molecule has 0 aliphatic rings. The lowest BCUT2D eigenvalue weighted by Gasteiger charge is -2.14. The molecule has 0 aliphatic carbocycles. The molecule has 4 heteroatoms. The Balaban J connectivity index is 2.74. The van der Waals surface area contributed by atoms with Crippen LogP contribution >= 0.6 is 31.9 Å². The van der Waals surface area contributed by atoms with Gasteiger partial charge in [0.1, 0.15) is 5.75 Å². The van der Waals surface area contributed by atoms with Gasteiger partial charge >= 0.3 is 0 Å². The van der Waals surface area contributed by atoms with Crippen LogP contribution in [-0.2, 0) is 6.42 Å². The predicted octanol–water partition coefficient (Wildman–Crippen LogP) is 4.92. The lowest BCUT2D eigenvalue weighted by atomic mass is 10.0. The van der Waals surface area contributed by atoms with Crippen molar-refractivity contribution in [3.63, 3.8) is 0 Å². The van der Waals surface area contributed by atoms with Crippen molar-refractivity contribution >= 4 is 31.9 Å². The van der Waals surface area contributed by atoms with Crippen molar-refractivity contribution in [2.24, 2.45) is 11.7 Å². The SMILES string of the molecule is CCC(N)Cc1cc(Br)c(OCCC(C)C)c(Br)c1. The van der Waals surface area contributed by atoms with Gasteiger partial charge in [-0.2, -0.15) is 0 Å². The van der Waals surface area contributed by atoms with Gasteiger partial charge in [-0.1, -0.05) is 20.8 Å². The molecule has 0 bridgehead atoms. The van der Waals surface area contributed by atoms with Crippen LogP contribution in [0, 0.1) is 5.92 Å². The zero-order chi connectivity index (χ0) is 14.4. The Morgan fingerprint density at radius 3 is 2.26 bits per heavy atom. The van der Waals surface area contributed by atoms with Crippen LogP contribution in [0.4, 0.5) is 0 Å². The van der Waals surface area contributed by atoms with Crippen LogP contribution in [-0.4, -0.2) is 12.6 Å². The van der Waals surface area contributed by atoms with E-state index in [2.05, 4.69) is 64.8 Å². The minimum absolute atomic E-state index is 0.214. The monoisotopic (exact) mass is 391 g/mol. The Morgan fingerprint density at radius 2 is 1.79 bits per heavy atom. The van der Waals surface area contributed by atoms with Crippen molar-refractivity contribution in [1.82, 2.24) is 0 Å². The van der Waals surface area contributed by atoms with Gasteiger partial charge in [-0.25, -0.2) is 0 Å². The lowest BCUT2D eigenvalue weighted by Crippen LogP contribution is -2.21. The van der Waals surface area contributed by atoms with Crippen molar-refractivity contribution < 1.29 is 4.74 Å². The molecule has 0 radical (unpaired) electrons. The molecule has 1 aromatic rings. The highest BCUT2D eigenvalue weighted by molar-refractivity contribution is 9.11. The molecule has 0 heterocycles. The zero-order valence-electron chi connectivity index (χ0n) is 11.9. The first kappa shape index (κ1) is 17.0. The normalized spacial score (nSPS) is 12.8. The molecule has 0 spiro atoms. The summed E-state index contributed by atoms with van der Waals surface area (Å²) in [5.74, 6) is 1.54. The summed E-state index contributed by atoms with van der Waals surface area (Å²) in [6.45, 7) is 7.24. The third-order valence-electron chi connectivity index (χ3n) is 3.02. The molecular weight excluding hydrogens is 370 g/mol. The van der Waals surface area contributed by atoms with Crippen LogP contribution in [0.25, 0.3) is 0 Å². The number of ether oxygens (including phenoxy) is 1. The van der Waals surface area contributed by atoms with E-state index in [1.54, 1.807) is 0 Å². The van der Waals surface area contributed by atoms with Crippen molar-refractivity contribution in [3.05, 3.63) is 26.6 Å². The highest BCUT2D eigenvalue weighted by atomic mass is 79.9. The largest absolute Gasteiger partial charge is 0.491 e. The van der Waals surface area contributed by atoms with E-state index < -0.39 is 0 Å². The maximum Gasteiger partial charge on any atom is 0.147 e. The van der Waals surface area contributed by atoms with Gasteiger partial charge in [0.2, 0.25) is 0 Å². The number of hydrogen-bond acceptors (Lipinski definition) is 2. The van der Waals surface area contributed by atoms with Gasteiger partial charge in [0.25, 0.3) is 0 Å². The Bertz CT molecular complexity index is 384. The molecule has 1 rings (SSSR count). The molecule has 1 atom stereocenters. The van der Waals surface area contributed by atoms with Gasteiger partial charge in [-0.05, 0) is 74.7 Å². The van der Waals surface area contributed by atoms with E-state index in [-0.39, 0.29) is 6.04 Å². The highest BCUT2D eigenvalue weighted by Gasteiger charge is 2.11. The summed E-state index contributed by atoms with van der Waals surface area (Å²) in [5, 5.41) is 0. The summed E-state index contributed by atoms with van der Waals surface area (Å²) in [7, 11) is 0. The van der Waals surface area contributed by atoms with Crippen LogP contribution in [0.1, 0.15) is 39.2 Å². The molecule has 2 nitrogen and oxygen atoms in total. The third kappa shape index (κ3) is 5.84. The average molecular weight is 393 g/mol.